The summed E-state index contributed by atoms with van der Waals surface area (Å²) < 4.78 is 19.2. The van der Waals surface area contributed by atoms with Gasteiger partial charge in [0.15, 0.2) is 5.82 Å². The number of aliphatic imine (C=N–C) groups is 1. The van der Waals surface area contributed by atoms with Crippen molar-refractivity contribution in [2.24, 2.45) is 4.99 Å². The highest BCUT2D eigenvalue weighted by Crippen LogP contribution is 2.36. The number of para-hydroxylation sites is 1. The van der Waals surface area contributed by atoms with E-state index in [1.165, 1.54) is 18.5 Å². The summed E-state index contributed by atoms with van der Waals surface area (Å²) in [5, 5.41) is 0. The standard InChI is InChI=1S/C21H19FN4O/c1-26(2)21(14-7-9-15(22)10-8-14)25-20-17-11-12-27-18-6-4-3-5-16(18)19(17)23-13-24-20/h3-10,13H,11-12H2,1-2H3. The van der Waals surface area contributed by atoms with Crippen molar-refractivity contribution in [3.63, 3.8) is 0 Å². The molecule has 0 saturated carbocycles. The molecular formula is C21H19FN4O. The van der Waals surface area contributed by atoms with Gasteiger partial charge in [0, 0.05) is 37.2 Å². The molecule has 27 heavy (non-hydrogen) atoms. The van der Waals surface area contributed by atoms with Gasteiger partial charge in [0.1, 0.15) is 23.7 Å². The summed E-state index contributed by atoms with van der Waals surface area (Å²) in [5.41, 5.74) is 3.55. The third-order valence-corrected chi connectivity index (χ3v) is 4.41. The van der Waals surface area contributed by atoms with Crippen LogP contribution < -0.4 is 4.74 Å². The van der Waals surface area contributed by atoms with Gasteiger partial charge in [0.25, 0.3) is 0 Å². The lowest BCUT2D eigenvalue weighted by atomic mass is 10.0. The van der Waals surface area contributed by atoms with Gasteiger partial charge in [-0.05, 0) is 36.4 Å². The molecule has 1 aromatic heterocycles. The fraction of sp³-hybridized carbons (Fsp3) is 0.190. The molecule has 1 aliphatic rings. The van der Waals surface area contributed by atoms with E-state index in [0.29, 0.717) is 24.7 Å². The van der Waals surface area contributed by atoms with Crippen LogP contribution in [0.25, 0.3) is 11.3 Å². The van der Waals surface area contributed by atoms with Crippen molar-refractivity contribution in [3.8, 4) is 17.0 Å². The number of nitrogens with zero attached hydrogens (tertiary/aromatic N) is 4. The number of rotatable bonds is 2. The molecular weight excluding hydrogens is 343 g/mol. The third kappa shape index (κ3) is 3.38. The number of hydrogen-bond donors (Lipinski definition) is 0. The van der Waals surface area contributed by atoms with Crippen LogP contribution in [0.3, 0.4) is 0 Å². The van der Waals surface area contributed by atoms with Crippen molar-refractivity contribution in [2.45, 2.75) is 6.42 Å². The highest BCUT2D eigenvalue weighted by atomic mass is 19.1. The summed E-state index contributed by atoms with van der Waals surface area (Å²) in [6.45, 7) is 0.535. The summed E-state index contributed by atoms with van der Waals surface area (Å²) in [4.78, 5) is 15.6. The second kappa shape index (κ2) is 7.15. The fourth-order valence-electron chi connectivity index (χ4n) is 3.13. The van der Waals surface area contributed by atoms with Crippen molar-refractivity contribution >= 4 is 11.7 Å². The van der Waals surface area contributed by atoms with Gasteiger partial charge in [-0.3, -0.25) is 0 Å². The van der Waals surface area contributed by atoms with E-state index in [1.54, 1.807) is 12.1 Å². The van der Waals surface area contributed by atoms with Crippen LogP contribution in [0.5, 0.6) is 5.75 Å². The minimum Gasteiger partial charge on any atom is -0.493 e. The Morgan fingerprint density at radius 1 is 1.07 bits per heavy atom. The number of halogens is 1. The summed E-state index contributed by atoms with van der Waals surface area (Å²) in [7, 11) is 3.81. The number of hydrogen-bond acceptors (Lipinski definition) is 4. The van der Waals surface area contributed by atoms with Crippen molar-refractivity contribution in [2.75, 3.05) is 20.7 Å². The summed E-state index contributed by atoms with van der Waals surface area (Å²) >= 11 is 0. The topological polar surface area (TPSA) is 50.6 Å². The summed E-state index contributed by atoms with van der Waals surface area (Å²) in [6.07, 6.45) is 2.19. The maximum absolute atomic E-state index is 13.3. The molecule has 0 saturated heterocycles. The number of ether oxygens (including phenoxy) is 1. The molecule has 0 unspecified atom stereocenters. The largest absolute Gasteiger partial charge is 0.493 e. The lowest BCUT2D eigenvalue weighted by molar-refractivity contribution is 0.326. The van der Waals surface area contributed by atoms with E-state index in [-0.39, 0.29) is 5.82 Å². The van der Waals surface area contributed by atoms with E-state index < -0.39 is 0 Å². The van der Waals surface area contributed by atoms with Gasteiger partial charge in [-0.15, -0.1) is 0 Å². The van der Waals surface area contributed by atoms with Crippen molar-refractivity contribution in [1.29, 1.82) is 0 Å². The van der Waals surface area contributed by atoms with Gasteiger partial charge < -0.3 is 9.64 Å². The zero-order valence-electron chi connectivity index (χ0n) is 15.2. The molecule has 4 rings (SSSR count). The second-order valence-electron chi connectivity index (χ2n) is 6.46. The highest BCUT2D eigenvalue weighted by Gasteiger charge is 2.20. The van der Waals surface area contributed by atoms with Crippen LogP contribution in [0.4, 0.5) is 10.2 Å². The first-order valence-electron chi connectivity index (χ1n) is 8.71. The number of fused-ring (bicyclic) bond motifs is 3. The quantitative estimate of drug-likeness (QED) is 0.513. The second-order valence-corrected chi connectivity index (χ2v) is 6.46. The fourth-order valence-corrected chi connectivity index (χ4v) is 3.13. The monoisotopic (exact) mass is 362 g/mol. The SMILES string of the molecule is CN(C)C(=Nc1ncnc2c1CCOc1ccccc1-2)c1ccc(F)cc1. The molecule has 2 aromatic carbocycles. The minimum atomic E-state index is -0.276. The molecule has 0 fully saturated rings. The molecule has 2 heterocycles. The van der Waals surface area contributed by atoms with Gasteiger partial charge in [-0.25, -0.2) is 19.4 Å². The first kappa shape index (κ1) is 17.1. The Labute approximate surface area is 157 Å². The minimum absolute atomic E-state index is 0.276. The Balaban J connectivity index is 1.85. The zero-order chi connectivity index (χ0) is 18.8. The Hall–Kier alpha value is -3.28. The van der Waals surface area contributed by atoms with Gasteiger partial charge in [-0.1, -0.05) is 12.1 Å². The molecule has 0 radical (unpaired) electrons. The average Bonchev–Trinajstić information content (AvgIpc) is 2.87. The van der Waals surface area contributed by atoms with Gasteiger partial charge >= 0.3 is 0 Å². The third-order valence-electron chi connectivity index (χ3n) is 4.41. The van der Waals surface area contributed by atoms with E-state index in [9.17, 15) is 4.39 Å². The van der Waals surface area contributed by atoms with Crippen LogP contribution in [0, 0.1) is 5.82 Å². The van der Waals surface area contributed by atoms with Crippen LogP contribution in [0.15, 0.2) is 59.9 Å². The van der Waals surface area contributed by atoms with E-state index in [0.717, 1.165) is 28.1 Å². The van der Waals surface area contributed by atoms with Crippen molar-refractivity contribution in [3.05, 3.63) is 71.8 Å². The van der Waals surface area contributed by atoms with Crippen molar-refractivity contribution in [1.82, 2.24) is 14.9 Å². The van der Waals surface area contributed by atoms with Crippen LogP contribution in [-0.4, -0.2) is 41.4 Å². The molecule has 3 aromatic rings. The van der Waals surface area contributed by atoms with Crippen LogP contribution in [0.2, 0.25) is 0 Å². The van der Waals surface area contributed by atoms with E-state index in [2.05, 4.69) is 9.97 Å². The Kier molecular flexibility index (Phi) is 4.54. The highest BCUT2D eigenvalue weighted by molar-refractivity contribution is 6.00. The van der Waals surface area contributed by atoms with Gasteiger partial charge in [0.05, 0.1) is 12.3 Å². The van der Waals surface area contributed by atoms with Crippen LogP contribution >= 0.6 is 0 Å². The van der Waals surface area contributed by atoms with E-state index in [4.69, 9.17) is 9.73 Å². The number of amidine groups is 1. The molecule has 0 atom stereocenters. The average molecular weight is 362 g/mol. The molecule has 136 valence electrons. The Bertz CT molecular complexity index is 999. The summed E-state index contributed by atoms with van der Waals surface area (Å²) in [6, 6.07) is 14.1. The first-order valence-corrected chi connectivity index (χ1v) is 8.71. The molecule has 0 N–H and O–H groups in total. The number of aromatic nitrogens is 2. The van der Waals surface area contributed by atoms with Crippen molar-refractivity contribution < 1.29 is 9.13 Å². The van der Waals surface area contributed by atoms with E-state index >= 15 is 0 Å². The molecule has 0 bridgehead atoms. The number of benzene rings is 2. The van der Waals surface area contributed by atoms with Gasteiger partial charge in [-0.2, -0.15) is 0 Å². The molecule has 0 amide bonds. The van der Waals surface area contributed by atoms with Crippen LogP contribution in [-0.2, 0) is 6.42 Å². The molecule has 0 spiro atoms. The van der Waals surface area contributed by atoms with Crippen LogP contribution in [0.1, 0.15) is 11.1 Å². The summed E-state index contributed by atoms with van der Waals surface area (Å²) in [5.74, 6) is 1.85. The predicted octanol–water partition coefficient (Wildman–Crippen LogP) is 3.86. The maximum atomic E-state index is 13.3. The lowest BCUT2D eigenvalue weighted by Gasteiger charge is -2.17. The lowest BCUT2D eigenvalue weighted by Crippen LogP contribution is -2.23. The van der Waals surface area contributed by atoms with Gasteiger partial charge in [0.2, 0.25) is 0 Å². The Morgan fingerprint density at radius 3 is 2.63 bits per heavy atom. The first-order chi connectivity index (χ1) is 13.1. The molecule has 1 aliphatic heterocycles. The molecule has 5 nitrogen and oxygen atoms in total. The molecule has 6 heteroatoms. The molecule has 0 aliphatic carbocycles. The van der Waals surface area contributed by atoms with E-state index in [1.807, 2.05) is 43.3 Å². The smallest absolute Gasteiger partial charge is 0.161 e. The zero-order valence-corrected chi connectivity index (χ0v) is 15.2. The normalized spacial score (nSPS) is 13.2. The predicted molar refractivity (Wildman–Crippen MR) is 103 cm³/mol. The maximum Gasteiger partial charge on any atom is 0.161 e. The Morgan fingerprint density at radius 2 is 1.85 bits per heavy atom.